The van der Waals surface area contributed by atoms with Gasteiger partial charge in [0.25, 0.3) is 0 Å². The van der Waals surface area contributed by atoms with E-state index in [-0.39, 0.29) is 0 Å². The van der Waals surface area contributed by atoms with Crippen molar-refractivity contribution in [3.8, 4) is 11.1 Å². The molecule has 0 unspecified atom stereocenters. The first-order valence-corrected chi connectivity index (χ1v) is 6.90. The van der Waals surface area contributed by atoms with E-state index >= 15 is 0 Å². The Hall–Kier alpha value is -1.49. The van der Waals surface area contributed by atoms with E-state index in [2.05, 4.69) is 0 Å². The molecule has 106 valence electrons. The predicted molar refractivity (Wildman–Crippen MR) is 73.4 cm³/mol. The molecule has 0 aliphatic rings. The Labute approximate surface area is 118 Å². The molecular weight excluding hydrogens is 288 g/mol. The number of halogens is 4. The van der Waals surface area contributed by atoms with Gasteiger partial charge in [-0.25, -0.2) is 4.39 Å². The Kier molecular flexibility index (Phi) is 4.38. The highest BCUT2D eigenvalue weighted by Crippen LogP contribution is 2.34. The number of alkyl halides is 3. The van der Waals surface area contributed by atoms with Gasteiger partial charge < -0.3 is 0 Å². The van der Waals surface area contributed by atoms with Crippen LogP contribution >= 0.6 is 11.8 Å². The second kappa shape index (κ2) is 5.87. The van der Waals surface area contributed by atoms with Gasteiger partial charge in [-0.1, -0.05) is 30.3 Å². The monoisotopic (exact) mass is 300 g/mol. The van der Waals surface area contributed by atoms with Crippen LogP contribution in [0.25, 0.3) is 11.1 Å². The van der Waals surface area contributed by atoms with E-state index < -0.39 is 17.7 Å². The van der Waals surface area contributed by atoms with Gasteiger partial charge in [-0.3, -0.25) is 0 Å². The number of aryl methyl sites for hydroxylation is 1. The minimum atomic E-state index is -4.24. The Bertz CT molecular complexity index is 591. The molecule has 0 spiro atoms. The number of hydrogen-bond donors (Lipinski definition) is 0. The standard InChI is InChI=1S/C15H12F4S/c1-10-7-13(16)12(11-5-3-2-4-6-11)8-14(10)20-9-15(17,18)19/h2-8H,9H2,1H3. The lowest BCUT2D eigenvalue weighted by Gasteiger charge is -2.11. The van der Waals surface area contributed by atoms with Gasteiger partial charge in [-0.05, 0) is 30.2 Å². The highest BCUT2D eigenvalue weighted by Gasteiger charge is 2.27. The lowest BCUT2D eigenvalue weighted by atomic mass is 10.0. The summed E-state index contributed by atoms with van der Waals surface area (Å²) < 4.78 is 50.8. The van der Waals surface area contributed by atoms with Gasteiger partial charge in [0.05, 0.1) is 5.75 Å². The Morgan fingerprint density at radius 1 is 1.05 bits per heavy atom. The number of rotatable bonds is 3. The zero-order valence-corrected chi connectivity index (χ0v) is 11.5. The molecule has 0 N–H and O–H groups in total. The van der Waals surface area contributed by atoms with Gasteiger partial charge in [0.2, 0.25) is 0 Å². The normalized spacial score (nSPS) is 11.7. The molecule has 2 aromatic carbocycles. The summed E-state index contributed by atoms with van der Waals surface area (Å²) in [7, 11) is 0. The molecule has 0 aliphatic carbocycles. The molecular formula is C15H12F4S. The summed E-state index contributed by atoms with van der Waals surface area (Å²) in [5.41, 5.74) is 1.48. The molecule has 0 saturated carbocycles. The first kappa shape index (κ1) is 14.9. The Morgan fingerprint density at radius 3 is 2.30 bits per heavy atom. The zero-order chi connectivity index (χ0) is 14.8. The maximum atomic E-state index is 14.0. The van der Waals surface area contributed by atoms with Crippen LogP contribution in [0.5, 0.6) is 0 Å². The topological polar surface area (TPSA) is 0 Å². The van der Waals surface area contributed by atoms with Gasteiger partial charge in [0.15, 0.2) is 0 Å². The first-order chi connectivity index (χ1) is 9.37. The van der Waals surface area contributed by atoms with Crippen molar-refractivity contribution >= 4 is 11.8 Å². The van der Waals surface area contributed by atoms with Crippen molar-refractivity contribution in [2.24, 2.45) is 0 Å². The largest absolute Gasteiger partial charge is 0.398 e. The van der Waals surface area contributed by atoms with Crippen LogP contribution in [-0.4, -0.2) is 11.9 Å². The third kappa shape index (κ3) is 3.76. The van der Waals surface area contributed by atoms with Crippen LogP contribution in [-0.2, 0) is 0 Å². The van der Waals surface area contributed by atoms with Crippen molar-refractivity contribution in [3.05, 3.63) is 53.8 Å². The van der Waals surface area contributed by atoms with E-state index in [1.54, 1.807) is 37.3 Å². The molecule has 0 aromatic heterocycles. The van der Waals surface area contributed by atoms with Crippen LogP contribution in [0.15, 0.2) is 47.4 Å². The van der Waals surface area contributed by atoms with Crippen LogP contribution in [0.1, 0.15) is 5.56 Å². The van der Waals surface area contributed by atoms with E-state index in [4.69, 9.17) is 0 Å². The van der Waals surface area contributed by atoms with Crippen molar-refractivity contribution in [1.29, 1.82) is 0 Å². The van der Waals surface area contributed by atoms with E-state index in [0.29, 0.717) is 33.3 Å². The molecule has 0 bridgehead atoms. The van der Waals surface area contributed by atoms with Crippen LogP contribution in [0.3, 0.4) is 0 Å². The number of hydrogen-bond acceptors (Lipinski definition) is 1. The third-order valence-electron chi connectivity index (χ3n) is 2.74. The van der Waals surface area contributed by atoms with E-state index in [1.807, 2.05) is 0 Å². The van der Waals surface area contributed by atoms with Gasteiger partial charge in [-0.15, -0.1) is 11.8 Å². The van der Waals surface area contributed by atoms with Crippen molar-refractivity contribution in [2.75, 3.05) is 5.75 Å². The molecule has 0 aliphatic heterocycles. The molecule has 2 rings (SSSR count). The van der Waals surface area contributed by atoms with Crippen molar-refractivity contribution in [2.45, 2.75) is 18.0 Å². The lowest BCUT2D eigenvalue weighted by Crippen LogP contribution is -2.10. The quantitative estimate of drug-likeness (QED) is 0.536. The SMILES string of the molecule is Cc1cc(F)c(-c2ccccc2)cc1SCC(F)(F)F. The third-order valence-corrected chi connectivity index (χ3v) is 3.96. The maximum Gasteiger partial charge on any atom is 0.398 e. The maximum absolute atomic E-state index is 14.0. The Morgan fingerprint density at radius 2 is 1.70 bits per heavy atom. The molecule has 0 atom stereocenters. The van der Waals surface area contributed by atoms with Crippen molar-refractivity contribution < 1.29 is 17.6 Å². The minimum absolute atomic E-state index is 0.320. The van der Waals surface area contributed by atoms with Crippen LogP contribution in [0.4, 0.5) is 17.6 Å². The molecule has 0 heterocycles. The summed E-state index contributed by atoms with van der Waals surface area (Å²) in [5.74, 6) is -1.40. The van der Waals surface area contributed by atoms with Crippen molar-refractivity contribution in [3.63, 3.8) is 0 Å². The predicted octanol–water partition coefficient (Wildman–Crippen LogP) is 5.46. The van der Waals surface area contributed by atoms with Gasteiger partial charge >= 0.3 is 6.18 Å². The number of thioether (sulfide) groups is 1. The summed E-state index contributed by atoms with van der Waals surface area (Å²) in [6, 6.07) is 11.5. The minimum Gasteiger partial charge on any atom is -0.206 e. The average molecular weight is 300 g/mol. The summed E-state index contributed by atoms with van der Waals surface area (Å²) in [6.45, 7) is 1.61. The highest BCUT2D eigenvalue weighted by atomic mass is 32.2. The van der Waals surface area contributed by atoms with Crippen molar-refractivity contribution in [1.82, 2.24) is 0 Å². The second-order valence-corrected chi connectivity index (χ2v) is 5.38. The first-order valence-electron chi connectivity index (χ1n) is 5.92. The average Bonchev–Trinajstić information content (AvgIpc) is 2.37. The highest BCUT2D eigenvalue weighted by molar-refractivity contribution is 7.99. The zero-order valence-electron chi connectivity index (χ0n) is 10.7. The fourth-order valence-corrected chi connectivity index (χ4v) is 2.61. The smallest absolute Gasteiger partial charge is 0.206 e. The van der Waals surface area contributed by atoms with Crippen LogP contribution in [0, 0.1) is 12.7 Å². The second-order valence-electron chi connectivity index (χ2n) is 4.37. The summed E-state index contributed by atoms with van der Waals surface area (Å²) in [4.78, 5) is 0.447. The van der Waals surface area contributed by atoms with E-state index in [9.17, 15) is 17.6 Å². The van der Waals surface area contributed by atoms with Gasteiger partial charge in [0.1, 0.15) is 5.82 Å². The number of benzene rings is 2. The fourth-order valence-electron chi connectivity index (χ4n) is 1.81. The summed E-state index contributed by atoms with van der Waals surface area (Å²) >= 11 is 0.680. The molecule has 0 saturated heterocycles. The molecule has 0 amide bonds. The Balaban J connectivity index is 2.35. The molecule has 0 nitrogen and oxygen atoms in total. The molecule has 5 heteroatoms. The molecule has 0 fully saturated rings. The van der Waals surface area contributed by atoms with E-state index in [1.165, 1.54) is 12.1 Å². The summed E-state index contributed by atoms with van der Waals surface area (Å²) in [6.07, 6.45) is -4.24. The fraction of sp³-hybridized carbons (Fsp3) is 0.200. The van der Waals surface area contributed by atoms with Gasteiger partial charge in [0, 0.05) is 10.5 Å². The van der Waals surface area contributed by atoms with Crippen LogP contribution in [0.2, 0.25) is 0 Å². The molecule has 20 heavy (non-hydrogen) atoms. The van der Waals surface area contributed by atoms with E-state index in [0.717, 1.165) is 0 Å². The summed E-state index contributed by atoms with van der Waals surface area (Å²) in [5, 5.41) is 0. The van der Waals surface area contributed by atoms with Gasteiger partial charge in [-0.2, -0.15) is 13.2 Å². The molecule has 2 aromatic rings. The molecule has 0 radical (unpaired) electrons. The lowest BCUT2D eigenvalue weighted by molar-refractivity contribution is -0.105. The van der Waals surface area contributed by atoms with Crippen LogP contribution < -0.4 is 0 Å².